The fraction of sp³-hybridized carbons (Fsp3) is 0.364. The molecule has 0 aliphatic heterocycles. The van der Waals surface area contributed by atoms with Crippen LogP contribution < -0.4 is 10.0 Å². The maximum Gasteiger partial charge on any atom is 0.310 e. The summed E-state index contributed by atoms with van der Waals surface area (Å²) in [4.78, 5) is 24.6. The van der Waals surface area contributed by atoms with Crippen LogP contribution in [0.4, 0.5) is 5.69 Å². The number of carbonyl (C=O) groups excluding carboxylic acids is 2. The number of carbonyl (C=O) groups is 2. The van der Waals surface area contributed by atoms with Gasteiger partial charge in [-0.2, -0.15) is 16.5 Å². The van der Waals surface area contributed by atoms with E-state index < -0.39 is 22.0 Å². The van der Waals surface area contributed by atoms with Gasteiger partial charge in [0.25, 0.3) is 0 Å². The molecule has 1 atom stereocenters. The first kappa shape index (κ1) is 26.4. The molecule has 0 fully saturated rings. The molecule has 0 saturated carbocycles. The molecule has 1 amide bonds. The Morgan fingerprint density at radius 2 is 1.72 bits per heavy atom. The maximum atomic E-state index is 12.9. The van der Waals surface area contributed by atoms with Gasteiger partial charge in [-0.3, -0.25) is 9.59 Å². The van der Waals surface area contributed by atoms with Gasteiger partial charge in [0, 0.05) is 10.2 Å². The molecule has 10 heteroatoms. The number of nitrogens with one attached hydrogen (secondary N) is 2. The van der Waals surface area contributed by atoms with Crippen LogP contribution in [0.25, 0.3) is 0 Å². The van der Waals surface area contributed by atoms with Gasteiger partial charge >= 0.3 is 5.97 Å². The van der Waals surface area contributed by atoms with Crippen molar-refractivity contribution in [2.24, 2.45) is 0 Å². The Balaban J connectivity index is 2.09. The summed E-state index contributed by atoms with van der Waals surface area (Å²) in [6, 6.07) is 12.1. The number of halogens is 1. The maximum absolute atomic E-state index is 12.9. The predicted molar refractivity (Wildman–Crippen MR) is 131 cm³/mol. The first-order chi connectivity index (χ1) is 15.2. The molecule has 0 radical (unpaired) electrons. The summed E-state index contributed by atoms with van der Waals surface area (Å²) in [5, 5.41) is 2.76. The molecule has 7 nitrogen and oxygen atoms in total. The van der Waals surface area contributed by atoms with Gasteiger partial charge in [-0.25, -0.2) is 8.42 Å². The van der Waals surface area contributed by atoms with E-state index in [1.807, 2.05) is 6.92 Å². The Hall–Kier alpha value is -1.88. The number of anilines is 1. The van der Waals surface area contributed by atoms with Crippen molar-refractivity contribution in [1.29, 1.82) is 0 Å². The van der Waals surface area contributed by atoms with Gasteiger partial charge in [0.2, 0.25) is 15.9 Å². The van der Waals surface area contributed by atoms with Gasteiger partial charge in [-0.15, -0.1) is 0 Å². The molecular formula is C22H27BrN2O5S2. The zero-order valence-electron chi connectivity index (χ0n) is 18.0. The Bertz CT molecular complexity index is 996. The number of esters is 1. The molecule has 0 aromatic heterocycles. The molecule has 0 saturated heterocycles. The number of sulfonamides is 1. The third kappa shape index (κ3) is 8.57. The van der Waals surface area contributed by atoms with Crippen molar-refractivity contribution in [3.05, 3.63) is 58.6 Å². The monoisotopic (exact) mass is 542 g/mol. The minimum absolute atomic E-state index is 0.0879. The van der Waals surface area contributed by atoms with Crippen molar-refractivity contribution in [2.75, 3.05) is 23.4 Å². The molecule has 2 aromatic rings. The topological polar surface area (TPSA) is 102 Å². The molecule has 0 bridgehead atoms. The fourth-order valence-corrected chi connectivity index (χ4v) is 4.96. The van der Waals surface area contributed by atoms with Crippen molar-refractivity contribution in [3.63, 3.8) is 0 Å². The van der Waals surface area contributed by atoms with E-state index in [1.165, 1.54) is 12.1 Å². The summed E-state index contributed by atoms with van der Waals surface area (Å²) in [5.41, 5.74) is 1.27. The highest BCUT2D eigenvalue weighted by Crippen LogP contribution is 2.17. The molecule has 32 heavy (non-hydrogen) atoms. The van der Waals surface area contributed by atoms with E-state index in [9.17, 15) is 18.0 Å². The summed E-state index contributed by atoms with van der Waals surface area (Å²) in [7, 11) is -3.87. The van der Waals surface area contributed by atoms with Gasteiger partial charge in [0.1, 0.15) is 6.04 Å². The lowest BCUT2D eigenvalue weighted by Crippen LogP contribution is -2.44. The lowest BCUT2D eigenvalue weighted by atomic mass is 10.1. The number of ether oxygens (including phenoxy) is 1. The van der Waals surface area contributed by atoms with E-state index in [4.69, 9.17) is 4.74 Å². The number of hydrogen-bond acceptors (Lipinski definition) is 6. The van der Waals surface area contributed by atoms with Gasteiger partial charge in [-0.1, -0.05) is 35.0 Å². The summed E-state index contributed by atoms with van der Waals surface area (Å²) in [5.74, 6) is 0.742. The molecule has 2 aromatic carbocycles. The summed E-state index contributed by atoms with van der Waals surface area (Å²) in [6.45, 7) is 4.07. The highest BCUT2D eigenvalue weighted by atomic mass is 79.9. The SMILES string of the molecule is CCOC(=O)Cc1ccc(NC(=O)C(CCSCC)NS(=O)(=O)c2ccc(Br)cc2)cc1. The molecule has 1 unspecified atom stereocenters. The second-order valence-electron chi connectivity index (χ2n) is 6.78. The van der Waals surface area contributed by atoms with E-state index in [-0.39, 0.29) is 17.3 Å². The Morgan fingerprint density at radius 3 is 2.31 bits per heavy atom. The van der Waals surface area contributed by atoms with Crippen LogP contribution >= 0.6 is 27.7 Å². The Kier molecular flexibility index (Phi) is 10.7. The second kappa shape index (κ2) is 13.0. The van der Waals surface area contributed by atoms with E-state index in [0.29, 0.717) is 24.5 Å². The smallest absolute Gasteiger partial charge is 0.310 e. The number of amides is 1. The van der Waals surface area contributed by atoms with E-state index in [2.05, 4.69) is 26.0 Å². The van der Waals surface area contributed by atoms with Crippen LogP contribution in [-0.4, -0.2) is 44.4 Å². The van der Waals surface area contributed by atoms with Crippen LogP contribution in [0, 0.1) is 0 Å². The van der Waals surface area contributed by atoms with Crippen molar-refractivity contribution in [2.45, 2.75) is 37.6 Å². The van der Waals surface area contributed by atoms with Gasteiger partial charge in [-0.05, 0) is 66.8 Å². The van der Waals surface area contributed by atoms with Gasteiger partial charge in [0.05, 0.1) is 17.9 Å². The van der Waals surface area contributed by atoms with Gasteiger partial charge in [0.15, 0.2) is 0 Å². The van der Waals surface area contributed by atoms with Gasteiger partial charge < -0.3 is 10.1 Å². The second-order valence-corrected chi connectivity index (χ2v) is 10.8. The van der Waals surface area contributed by atoms with Crippen LogP contribution in [0.15, 0.2) is 57.9 Å². The quantitative estimate of drug-likeness (QED) is 0.310. The van der Waals surface area contributed by atoms with Crippen molar-refractivity contribution in [1.82, 2.24) is 4.72 Å². The number of hydrogen-bond donors (Lipinski definition) is 2. The van der Waals surface area contributed by atoms with Crippen molar-refractivity contribution >= 4 is 55.3 Å². The lowest BCUT2D eigenvalue weighted by molar-refractivity contribution is -0.142. The average molecular weight is 544 g/mol. The normalized spacial score (nSPS) is 12.2. The molecule has 0 heterocycles. The summed E-state index contributed by atoms with van der Waals surface area (Å²) in [6.07, 6.45) is 0.493. The molecular weight excluding hydrogens is 516 g/mol. The fourth-order valence-electron chi connectivity index (χ4n) is 2.77. The van der Waals surface area contributed by atoms with Crippen LogP contribution in [0.3, 0.4) is 0 Å². The Morgan fingerprint density at radius 1 is 1.06 bits per heavy atom. The van der Waals surface area contributed by atoms with E-state index >= 15 is 0 Å². The molecule has 0 aliphatic rings. The third-order valence-corrected chi connectivity index (χ3v) is 7.32. The minimum atomic E-state index is -3.87. The molecule has 0 aliphatic carbocycles. The van der Waals surface area contributed by atoms with Crippen LogP contribution in [0.5, 0.6) is 0 Å². The highest BCUT2D eigenvalue weighted by Gasteiger charge is 2.25. The number of rotatable bonds is 12. The average Bonchev–Trinajstić information content (AvgIpc) is 2.75. The van der Waals surface area contributed by atoms with E-state index in [1.54, 1.807) is 55.1 Å². The molecule has 2 rings (SSSR count). The number of thioether (sulfide) groups is 1. The minimum Gasteiger partial charge on any atom is -0.466 e. The zero-order valence-corrected chi connectivity index (χ0v) is 21.2. The van der Waals surface area contributed by atoms with Crippen LogP contribution in [-0.2, 0) is 30.8 Å². The first-order valence-corrected chi connectivity index (χ1v) is 13.6. The molecule has 2 N–H and O–H groups in total. The zero-order chi connectivity index (χ0) is 23.6. The van der Waals surface area contributed by atoms with Crippen molar-refractivity contribution < 1.29 is 22.7 Å². The summed E-state index contributed by atoms with van der Waals surface area (Å²) < 4.78 is 33.8. The predicted octanol–water partition coefficient (Wildman–Crippen LogP) is 3.98. The molecule has 174 valence electrons. The lowest BCUT2D eigenvalue weighted by Gasteiger charge is -2.18. The van der Waals surface area contributed by atoms with Crippen LogP contribution in [0.2, 0.25) is 0 Å². The van der Waals surface area contributed by atoms with Crippen LogP contribution in [0.1, 0.15) is 25.8 Å². The third-order valence-electron chi connectivity index (χ3n) is 4.37. The first-order valence-electron chi connectivity index (χ1n) is 10.2. The number of benzene rings is 2. The highest BCUT2D eigenvalue weighted by molar-refractivity contribution is 9.10. The largest absolute Gasteiger partial charge is 0.466 e. The van der Waals surface area contributed by atoms with Crippen molar-refractivity contribution in [3.8, 4) is 0 Å². The van der Waals surface area contributed by atoms with E-state index in [0.717, 1.165) is 15.8 Å². The summed E-state index contributed by atoms with van der Waals surface area (Å²) >= 11 is 4.91. The molecule has 0 spiro atoms. The Labute approximate surface area is 201 Å². The standard InChI is InChI=1S/C22H27BrN2O5S2/c1-3-30-21(26)15-16-5-9-18(10-6-16)24-22(27)20(13-14-31-4-2)25-32(28,29)19-11-7-17(23)8-12-19/h5-12,20,25H,3-4,13-15H2,1-2H3,(H,24,27).